The van der Waals surface area contributed by atoms with Crippen molar-refractivity contribution in [2.75, 3.05) is 6.26 Å². The maximum Gasteiger partial charge on any atom is 0.278 e. The summed E-state index contributed by atoms with van der Waals surface area (Å²) in [5, 5.41) is 11.6. The summed E-state index contributed by atoms with van der Waals surface area (Å²) < 4.78 is 17.3. The Kier molecular flexibility index (Phi) is 4.35. The number of thioether (sulfide) groups is 1. The molecule has 3 aromatic heterocycles. The van der Waals surface area contributed by atoms with Crippen LogP contribution in [-0.4, -0.2) is 35.7 Å². The van der Waals surface area contributed by atoms with Gasteiger partial charge in [0.25, 0.3) is 5.56 Å². The van der Waals surface area contributed by atoms with Crippen molar-refractivity contribution in [3.05, 3.63) is 52.3 Å². The number of hydrogen-bond acceptors (Lipinski definition) is 6. The Hall–Kier alpha value is -2.52. The molecule has 27 heavy (non-hydrogen) atoms. The number of rotatable bonds is 1. The molecule has 1 unspecified atom stereocenters. The lowest BCUT2D eigenvalue weighted by molar-refractivity contribution is 0.0442. The number of hydrogen-bond donors (Lipinski definition) is 1. The highest BCUT2D eigenvalue weighted by Gasteiger charge is 2.26. The monoisotopic (exact) mass is 387 g/mol. The maximum absolute atomic E-state index is 14.5. The van der Waals surface area contributed by atoms with Gasteiger partial charge in [-0.3, -0.25) is 4.79 Å². The zero-order valence-corrected chi connectivity index (χ0v) is 15.7. The lowest BCUT2D eigenvalue weighted by atomic mass is 9.95. The number of aromatic nitrogens is 5. The highest BCUT2D eigenvalue weighted by molar-refractivity contribution is 7.98. The molecule has 0 amide bonds. The largest absolute Gasteiger partial charge is 0.384 e. The van der Waals surface area contributed by atoms with Crippen molar-refractivity contribution in [3.8, 4) is 5.82 Å². The summed E-state index contributed by atoms with van der Waals surface area (Å²) in [4.78, 5) is 26.0. The molecule has 1 aliphatic heterocycles. The van der Waals surface area contributed by atoms with E-state index in [0.717, 1.165) is 0 Å². The minimum absolute atomic E-state index is 0.238. The fourth-order valence-electron chi connectivity index (χ4n) is 3.17. The van der Waals surface area contributed by atoms with E-state index >= 15 is 0 Å². The Balaban J connectivity index is 2.09. The van der Waals surface area contributed by atoms with Crippen LogP contribution >= 0.6 is 11.8 Å². The van der Waals surface area contributed by atoms with Crippen molar-refractivity contribution in [1.29, 1.82) is 0 Å². The number of halogens is 1. The van der Waals surface area contributed by atoms with Crippen LogP contribution in [0.2, 0.25) is 0 Å². The average molecular weight is 387 g/mol. The van der Waals surface area contributed by atoms with Gasteiger partial charge < -0.3 is 5.11 Å². The van der Waals surface area contributed by atoms with Crippen LogP contribution in [0.1, 0.15) is 25.5 Å². The van der Waals surface area contributed by atoms with E-state index in [4.69, 9.17) is 0 Å². The fraction of sp³-hybridized carbons (Fsp3) is 0.333. The molecule has 0 aromatic carbocycles. The van der Waals surface area contributed by atoms with Gasteiger partial charge >= 0.3 is 0 Å². The lowest BCUT2D eigenvalue weighted by Crippen LogP contribution is -2.25. The number of allylic oxidation sites excluding steroid dienone is 2. The Labute approximate surface area is 158 Å². The van der Waals surface area contributed by atoms with Crippen molar-refractivity contribution >= 4 is 22.8 Å². The Morgan fingerprint density at radius 2 is 2.15 bits per heavy atom. The van der Waals surface area contributed by atoms with Crippen LogP contribution < -0.4 is 5.56 Å². The van der Waals surface area contributed by atoms with E-state index in [1.807, 2.05) is 6.26 Å². The van der Waals surface area contributed by atoms with Gasteiger partial charge in [-0.05, 0) is 38.2 Å². The Morgan fingerprint density at radius 3 is 2.93 bits per heavy atom. The van der Waals surface area contributed by atoms with Crippen LogP contribution in [0.25, 0.3) is 16.9 Å². The van der Waals surface area contributed by atoms with E-state index in [0.29, 0.717) is 35.2 Å². The van der Waals surface area contributed by atoms with E-state index in [1.54, 1.807) is 25.1 Å². The summed E-state index contributed by atoms with van der Waals surface area (Å²) in [5.74, 6) is -0.0645. The predicted octanol–water partition coefficient (Wildman–Crippen LogP) is 2.55. The van der Waals surface area contributed by atoms with Gasteiger partial charge in [0.15, 0.2) is 16.6 Å². The van der Waals surface area contributed by atoms with Crippen molar-refractivity contribution < 1.29 is 9.50 Å². The summed E-state index contributed by atoms with van der Waals surface area (Å²) in [7, 11) is 0. The first kappa shape index (κ1) is 17.9. The average Bonchev–Trinajstić information content (AvgIpc) is 2.92. The number of pyridine rings is 1. The van der Waals surface area contributed by atoms with Gasteiger partial charge in [0.1, 0.15) is 16.8 Å². The molecule has 1 N–H and O–H groups in total. The van der Waals surface area contributed by atoms with Crippen molar-refractivity contribution in [1.82, 2.24) is 24.3 Å². The molecule has 0 spiro atoms. The SMILES string of the molecule is CSc1ncc2c(=O)n3n(c2n1)-c1cccc(n1)C(C)(O)CC/C=C(/F)C3. The van der Waals surface area contributed by atoms with Crippen LogP contribution in [0.5, 0.6) is 0 Å². The van der Waals surface area contributed by atoms with Crippen LogP contribution in [-0.2, 0) is 12.1 Å². The summed E-state index contributed by atoms with van der Waals surface area (Å²) >= 11 is 1.35. The third-order valence-corrected chi connectivity index (χ3v) is 5.20. The maximum atomic E-state index is 14.5. The second-order valence-electron chi connectivity index (χ2n) is 6.61. The van der Waals surface area contributed by atoms with E-state index < -0.39 is 11.4 Å². The minimum Gasteiger partial charge on any atom is -0.384 e. The molecule has 4 rings (SSSR count). The van der Waals surface area contributed by atoms with Crippen LogP contribution in [0, 0.1) is 0 Å². The normalized spacial score (nSPS) is 22.0. The topological polar surface area (TPSA) is 85.8 Å². The van der Waals surface area contributed by atoms with Crippen LogP contribution in [0.15, 0.2) is 46.2 Å². The zero-order chi connectivity index (χ0) is 19.2. The molecule has 7 nitrogen and oxygen atoms in total. The van der Waals surface area contributed by atoms with Crippen LogP contribution in [0.3, 0.4) is 0 Å². The number of fused-ring (bicyclic) bond motifs is 6. The zero-order valence-electron chi connectivity index (χ0n) is 14.9. The van der Waals surface area contributed by atoms with Gasteiger partial charge in [0.05, 0.1) is 12.2 Å². The quantitative estimate of drug-likeness (QED) is 0.510. The predicted molar refractivity (Wildman–Crippen MR) is 101 cm³/mol. The molecule has 9 heteroatoms. The summed E-state index contributed by atoms with van der Waals surface area (Å²) in [6.45, 7) is 1.41. The first-order valence-corrected chi connectivity index (χ1v) is 9.70. The molecule has 4 heterocycles. The Morgan fingerprint density at radius 1 is 1.33 bits per heavy atom. The standard InChI is InChI=1S/C18H18FN5O2S/c1-18(26)8-4-5-11(19)10-23-16(25)12-9-20-17(27-2)22-15(12)24(23)14-7-3-6-13(18)21-14/h3,5-7,9,26H,4,8,10H2,1-2H3/b11-5+. The molecule has 0 saturated carbocycles. The van der Waals surface area contributed by atoms with E-state index in [2.05, 4.69) is 15.0 Å². The second kappa shape index (κ2) is 6.58. The van der Waals surface area contributed by atoms with Gasteiger partial charge in [-0.15, -0.1) is 0 Å². The molecule has 0 radical (unpaired) electrons. The third-order valence-electron chi connectivity index (χ3n) is 4.64. The third kappa shape index (κ3) is 3.06. The van der Waals surface area contributed by atoms with Gasteiger partial charge in [-0.2, -0.15) is 0 Å². The summed E-state index contributed by atoms with van der Waals surface area (Å²) in [6, 6.07) is 5.18. The molecule has 0 fully saturated rings. The smallest absolute Gasteiger partial charge is 0.278 e. The number of aliphatic hydroxyl groups is 1. The fourth-order valence-corrected chi connectivity index (χ4v) is 3.51. The highest BCUT2D eigenvalue weighted by atomic mass is 32.2. The van der Waals surface area contributed by atoms with Crippen molar-refractivity contribution in [3.63, 3.8) is 0 Å². The molecule has 0 aliphatic carbocycles. The van der Waals surface area contributed by atoms with Crippen LogP contribution in [0.4, 0.5) is 4.39 Å². The van der Waals surface area contributed by atoms with Crippen molar-refractivity contribution in [2.24, 2.45) is 0 Å². The van der Waals surface area contributed by atoms with Gasteiger partial charge in [-0.1, -0.05) is 23.9 Å². The van der Waals surface area contributed by atoms with Gasteiger partial charge in [0.2, 0.25) is 0 Å². The molecule has 140 valence electrons. The summed E-state index contributed by atoms with van der Waals surface area (Å²) in [5.41, 5.74) is -0.796. The first-order valence-electron chi connectivity index (χ1n) is 8.48. The molecular weight excluding hydrogens is 369 g/mol. The van der Waals surface area contributed by atoms with Gasteiger partial charge in [-0.25, -0.2) is 28.7 Å². The highest BCUT2D eigenvalue weighted by Crippen LogP contribution is 2.27. The van der Waals surface area contributed by atoms with E-state index in [1.165, 1.54) is 33.4 Å². The second-order valence-corrected chi connectivity index (χ2v) is 7.39. The minimum atomic E-state index is -1.22. The molecule has 1 atom stereocenters. The number of nitrogens with zero attached hydrogens (tertiary/aromatic N) is 5. The first-order chi connectivity index (χ1) is 12.9. The van der Waals surface area contributed by atoms with E-state index in [-0.39, 0.29) is 17.5 Å². The molecule has 3 aromatic rings. The molecule has 2 bridgehead atoms. The molecular formula is C18H18FN5O2S. The molecule has 0 saturated heterocycles. The lowest BCUT2D eigenvalue weighted by Gasteiger charge is -2.22. The van der Waals surface area contributed by atoms with E-state index in [9.17, 15) is 14.3 Å². The Bertz CT molecular complexity index is 1120. The molecule has 1 aliphatic rings. The van der Waals surface area contributed by atoms with Gasteiger partial charge in [0, 0.05) is 6.20 Å². The van der Waals surface area contributed by atoms with Crippen molar-refractivity contribution in [2.45, 2.75) is 37.1 Å². The summed E-state index contributed by atoms with van der Waals surface area (Å²) in [6.07, 6.45) is 5.34.